The van der Waals surface area contributed by atoms with Gasteiger partial charge in [0.2, 0.25) is 0 Å². The van der Waals surface area contributed by atoms with Gasteiger partial charge in [-0.15, -0.1) is 4.80 Å². The van der Waals surface area contributed by atoms with Crippen molar-refractivity contribution in [1.29, 1.82) is 0 Å². The lowest BCUT2D eigenvalue weighted by molar-refractivity contribution is 0.0938. The highest BCUT2D eigenvalue weighted by Crippen LogP contribution is 2.19. The normalized spacial score (nSPS) is 11.8. The lowest BCUT2D eigenvalue weighted by Crippen LogP contribution is -2.28. The van der Waals surface area contributed by atoms with Crippen LogP contribution in [0.2, 0.25) is 0 Å². The second-order valence-electron chi connectivity index (χ2n) is 5.52. The van der Waals surface area contributed by atoms with Crippen molar-refractivity contribution in [2.24, 2.45) is 0 Å². The van der Waals surface area contributed by atoms with E-state index < -0.39 is 0 Å². The molecule has 1 N–H and O–H groups in total. The molecular formula is C17H18N6O2. The molecule has 128 valence electrons. The van der Waals surface area contributed by atoms with E-state index in [4.69, 9.17) is 4.74 Å². The molecule has 25 heavy (non-hydrogen) atoms. The number of carbonyl (C=O) groups excluding carboxylic acids is 1. The third-order valence-electron chi connectivity index (χ3n) is 3.62. The highest BCUT2D eigenvalue weighted by molar-refractivity contribution is 5.95. The summed E-state index contributed by atoms with van der Waals surface area (Å²) in [5, 5.41) is 11.1. The van der Waals surface area contributed by atoms with E-state index in [0.717, 1.165) is 5.56 Å². The number of nitrogens with zero attached hydrogens (tertiary/aromatic N) is 5. The van der Waals surface area contributed by atoms with E-state index >= 15 is 0 Å². The number of ether oxygens (including phenoxy) is 1. The third-order valence-corrected chi connectivity index (χ3v) is 3.62. The molecule has 2 heterocycles. The fourth-order valence-corrected chi connectivity index (χ4v) is 2.47. The van der Waals surface area contributed by atoms with E-state index in [2.05, 4.69) is 25.5 Å². The van der Waals surface area contributed by atoms with Crippen molar-refractivity contribution in [2.75, 3.05) is 7.11 Å². The SMILES string of the molecule is COc1cc(C)cc(C(=O)NC(C)c2nccnc2-n2nccn2)c1. The van der Waals surface area contributed by atoms with Crippen LogP contribution >= 0.6 is 0 Å². The first kappa shape index (κ1) is 16.6. The summed E-state index contributed by atoms with van der Waals surface area (Å²) in [4.78, 5) is 22.6. The van der Waals surface area contributed by atoms with Gasteiger partial charge in [0.05, 0.1) is 25.5 Å². The lowest BCUT2D eigenvalue weighted by atomic mass is 10.1. The first-order valence-corrected chi connectivity index (χ1v) is 7.72. The maximum atomic E-state index is 12.6. The molecule has 0 aliphatic rings. The molecule has 0 fully saturated rings. The zero-order chi connectivity index (χ0) is 17.8. The standard InChI is InChI=1S/C17H18N6O2/c1-11-8-13(10-14(9-11)25-3)17(24)22-12(2)15-16(19-5-4-18-15)23-20-6-7-21-23/h4-10,12H,1-3H3,(H,22,24). The van der Waals surface area contributed by atoms with E-state index in [-0.39, 0.29) is 11.9 Å². The van der Waals surface area contributed by atoms with Gasteiger partial charge in [-0.1, -0.05) is 0 Å². The third kappa shape index (κ3) is 3.63. The molecule has 0 saturated heterocycles. The van der Waals surface area contributed by atoms with Crippen LogP contribution in [0.3, 0.4) is 0 Å². The summed E-state index contributed by atoms with van der Waals surface area (Å²) in [6, 6.07) is 4.98. The Morgan fingerprint density at radius 3 is 2.56 bits per heavy atom. The molecule has 8 heteroatoms. The van der Waals surface area contributed by atoms with Crippen LogP contribution in [0.1, 0.15) is 34.6 Å². The van der Waals surface area contributed by atoms with E-state index in [0.29, 0.717) is 22.8 Å². The predicted molar refractivity (Wildman–Crippen MR) is 90.6 cm³/mol. The fraction of sp³-hybridized carbons (Fsp3) is 0.235. The summed E-state index contributed by atoms with van der Waals surface area (Å²) in [6.07, 6.45) is 6.24. The molecule has 0 aliphatic carbocycles. The van der Waals surface area contributed by atoms with Crippen molar-refractivity contribution in [3.8, 4) is 11.6 Å². The molecular weight excluding hydrogens is 320 g/mol. The first-order valence-electron chi connectivity index (χ1n) is 7.72. The number of amides is 1. The van der Waals surface area contributed by atoms with Gasteiger partial charge in [0, 0.05) is 18.0 Å². The average molecular weight is 338 g/mol. The van der Waals surface area contributed by atoms with E-state index in [1.54, 1.807) is 44.0 Å². The minimum Gasteiger partial charge on any atom is -0.497 e. The van der Waals surface area contributed by atoms with Crippen molar-refractivity contribution in [3.63, 3.8) is 0 Å². The van der Waals surface area contributed by atoms with Crippen molar-refractivity contribution >= 4 is 5.91 Å². The van der Waals surface area contributed by atoms with Crippen LogP contribution in [0, 0.1) is 6.92 Å². The monoisotopic (exact) mass is 338 g/mol. The summed E-state index contributed by atoms with van der Waals surface area (Å²) in [5.74, 6) is 0.889. The van der Waals surface area contributed by atoms with Gasteiger partial charge in [-0.05, 0) is 37.6 Å². The summed E-state index contributed by atoms with van der Waals surface area (Å²) < 4.78 is 5.22. The Morgan fingerprint density at radius 1 is 1.12 bits per heavy atom. The van der Waals surface area contributed by atoms with E-state index in [1.165, 1.54) is 4.80 Å². The topological polar surface area (TPSA) is 94.8 Å². The van der Waals surface area contributed by atoms with Gasteiger partial charge in [-0.3, -0.25) is 9.78 Å². The Labute approximate surface area is 144 Å². The maximum Gasteiger partial charge on any atom is 0.251 e. The Hall–Kier alpha value is -3.29. The Morgan fingerprint density at radius 2 is 1.84 bits per heavy atom. The largest absolute Gasteiger partial charge is 0.497 e. The molecule has 0 bridgehead atoms. The van der Waals surface area contributed by atoms with Crippen LogP contribution < -0.4 is 10.1 Å². The summed E-state index contributed by atoms with van der Waals surface area (Å²) >= 11 is 0. The molecule has 0 radical (unpaired) electrons. The molecule has 0 saturated carbocycles. The van der Waals surface area contributed by atoms with Crippen LogP contribution in [0.4, 0.5) is 0 Å². The first-order chi connectivity index (χ1) is 12.1. The highest BCUT2D eigenvalue weighted by Gasteiger charge is 2.19. The van der Waals surface area contributed by atoms with Gasteiger partial charge in [0.25, 0.3) is 5.91 Å². The molecule has 3 rings (SSSR count). The molecule has 1 amide bonds. The molecule has 8 nitrogen and oxygen atoms in total. The summed E-state index contributed by atoms with van der Waals surface area (Å²) in [7, 11) is 1.57. The van der Waals surface area contributed by atoms with Crippen LogP contribution in [-0.4, -0.2) is 38.0 Å². The number of methoxy groups -OCH3 is 1. The molecule has 2 aromatic heterocycles. The minimum atomic E-state index is -0.381. The van der Waals surface area contributed by atoms with Gasteiger partial charge in [0.15, 0.2) is 5.82 Å². The fourth-order valence-electron chi connectivity index (χ4n) is 2.47. The van der Waals surface area contributed by atoms with Crippen molar-refractivity contribution < 1.29 is 9.53 Å². The van der Waals surface area contributed by atoms with Gasteiger partial charge in [-0.2, -0.15) is 10.2 Å². The van der Waals surface area contributed by atoms with Crippen molar-refractivity contribution in [1.82, 2.24) is 30.3 Å². The molecule has 1 atom stereocenters. The van der Waals surface area contributed by atoms with E-state index in [9.17, 15) is 4.79 Å². The second kappa shape index (κ2) is 7.08. The molecule has 1 aromatic carbocycles. The smallest absolute Gasteiger partial charge is 0.251 e. The van der Waals surface area contributed by atoms with Crippen LogP contribution in [0.5, 0.6) is 5.75 Å². The number of aromatic nitrogens is 5. The second-order valence-corrected chi connectivity index (χ2v) is 5.52. The van der Waals surface area contributed by atoms with Crippen LogP contribution in [-0.2, 0) is 0 Å². The quantitative estimate of drug-likeness (QED) is 0.763. The highest BCUT2D eigenvalue weighted by atomic mass is 16.5. The Bertz CT molecular complexity index is 879. The molecule has 3 aromatic rings. The van der Waals surface area contributed by atoms with Gasteiger partial charge < -0.3 is 10.1 Å². The Kier molecular flexibility index (Phi) is 4.69. The summed E-state index contributed by atoms with van der Waals surface area (Å²) in [6.45, 7) is 3.74. The van der Waals surface area contributed by atoms with Crippen LogP contribution in [0.15, 0.2) is 43.0 Å². The minimum absolute atomic E-state index is 0.223. The maximum absolute atomic E-state index is 12.6. The van der Waals surface area contributed by atoms with Crippen molar-refractivity contribution in [3.05, 3.63) is 59.8 Å². The number of benzene rings is 1. The molecule has 1 unspecified atom stereocenters. The van der Waals surface area contributed by atoms with Crippen molar-refractivity contribution in [2.45, 2.75) is 19.9 Å². The number of aryl methyl sites for hydroxylation is 1. The van der Waals surface area contributed by atoms with E-state index in [1.807, 2.05) is 19.9 Å². The number of hydrogen-bond donors (Lipinski definition) is 1. The average Bonchev–Trinajstić information content (AvgIpc) is 3.15. The number of carbonyl (C=O) groups is 1. The van der Waals surface area contributed by atoms with Gasteiger partial charge in [-0.25, -0.2) is 4.98 Å². The summed E-state index contributed by atoms with van der Waals surface area (Å²) in [5.41, 5.74) is 2.04. The molecule has 0 spiro atoms. The lowest BCUT2D eigenvalue weighted by Gasteiger charge is -2.16. The number of hydrogen-bond acceptors (Lipinski definition) is 6. The zero-order valence-corrected chi connectivity index (χ0v) is 14.2. The van der Waals surface area contributed by atoms with Gasteiger partial charge in [0.1, 0.15) is 11.4 Å². The molecule has 0 aliphatic heterocycles. The Balaban J connectivity index is 1.85. The van der Waals surface area contributed by atoms with Gasteiger partial charge >= 0.3 is 0 Å². The van der Waals surface area contributed by atoms with Crippen LogP contribution in [0.25, 0.3) is 5.82 Å². The zero-order valence-electron chi connectivity index (χ0n) is 14.2. The number of nitrogens with one attached hydrogen (secondary N) is 1. The number of rotatable bonds is 5. The predicted octanol–water partition coefficient (Wildman–Crippen LogP) is 1.87.